The molecule has 1 aromatic heterocycles. The minimum Gasteiger partial charge on any atom is -0.493 e. The van der Waals surface area contributed by atoms with Gasteiger partial charge in [-0.2, -0.15) is 18.2 Å². The third-order valence-corrected chi connectivity index (χ3v) is 7.35. The third kappa shape index (κ3) is 5.27. The number of benzene rings is 2. The van der Waals surface area contributed by atoms with Crippen LogP contribution >= 0.6 is 0 Å². The second kappa shape index (κ2) is 9.90. The molecule has 0 radical (unpaired) electrons. The predicted molar refractivity (Wildman–Crippen MR) is 132 cm³/mol. The molecule has 2 aromatic carbocycles. The first-order chi connectivity index (χ1) is 18.5. The summed E-state index contributed by atoms with van der Waals surface area (Å²) in [4.78, 5) is 31.9. The first-order valence-electron chi connectivity index (χ1n) is 12.4. The van der Waals surface area contributed by atoms with Crippen molar-refractivity contribution in [3.63, 3.8) is 0 Å². The summed E-state index contributed by atoms with van der Waals surface area (Å²) in [5, 5.41) is 6.40. The van der Waals surface area contributed by atoms with E-state index in [0.717, 1.165) is 18.4 Å². The van der Waals surface area contributed by atoms with Crippen molar-refractivity contribution < 1.29 is 36.8 Å². The number of carbonyl (C=O) groups is 2. The Kier molecular flexibility index (Phi) is 6.73. The largest absolute Gasteiger partial charge is 0.493 e. The number of aromatic nitrogens is 2. The fourth-order valence-corrected chi connectivity index (χ4v) is 4.94. The van der Waals surface area contributed by atoms with Gasteiger partial charge in [0.25, 0.3) is 5.91 Å². The van der Waals surface area contributed by atoms with Gasteiger partial charge in [0.15, 0.2) is 11.5 Å². The van der Waals surface area contributed by atoms with Gasteiger partial charge in [0.2, 0.25) is 11.7 Å². The molecule has 1 saturated heterocycles. The number of amides is 2. The number of methoxy groups -OCH3 is 2. The van der Waals surface area contributed by atoms with Crippen LogP contribution in [0.15, 0.2) is 47.0 Å². The zero-order chi connectivity index (χ0) is 27.9. The molecule has 12 heteroatoms. The molecule has 1 aliphatic carbocycles. The molecule has 2 aliphatic rings. The van der Waals surface area contributed by atoms with Crippen molar-refractivity contribution in [2.75, 3.05) is 20.8 Å². The lowest BCUT2D eigenvalue weighted by Gasteiger charge is -2.26. The van der Waals surface area contributed by atoms with Crippen LogP contribution in [0.25, 0.3) is 11.4 Å². The van der Waals surface area contributed by atoms with Crippen molar-refractivity contribution in [1.29, 1.82) is 0 Å². The number of hydrogen-bond acceptors (Lipinski definition) is 7. The third-order valence-electron chi connectivity index (χ3n) is 7.35. The highest BCUT2D eigenvalue weighted by Gasteiger charge is 2.55. The Morgan fingerprint density at radius 3 is 2.38 bits per heavy atom. The molecule has 2 fully saturated rings. The number of ether oxygens (including phenoxy) is 2. The van der Waals surface area contributed by atoms with Crippen LogP contribution in [0.1, 0.15) is 54.0 Å². The second-order valence-electron chi connectivity index (χ2n) is 10.00. The van der Waals surface area contributed by atoms with Gasteiger partial charge in [-0.3, -0.25) is 9.59 Å². The summed E-state index contributed by atoms with van der Waals surface area (Å²) in [5.41, 5.74) is 1.34. The molecule has 39 heavy (non-hydrogen) atoms. The molecular formula is C27H27F3N4O5. The van der Waals surface area contributed by atoms with Crippen LogP contribution in [0.3, 0.4) is 0 Å². The Bertz CT molecular complexity index is 1380. The summed E-state index contributed by atoms with van der Waals surface area (Å²) in [6.45, 7) is 2.32. The van der Waals surface area contributed by atoms with Crippen molar-refractivity contribution in [1.82, 2.24) is 20.4 Å². The lowest BCUT2D eigenvalue weighted by atomic mass is 10.0. The number of carbonyl (C=O) groups excluding carboxylic acids is 2. The smallest absolute Gasteiger partial charge is 0.471 e. The fourth-order valence-electron chi connectivity index (χ4n) is 4.94. The summed E-state index contributed by atoms with van der Waals surface area (Å²) in [5.74, 6) is -1.13. The number of alkyl halides is 3. The van der Waals surface area contributed by atoms with Gasteiger partial charge in [-0.15, -0.1) is 0 Å². The summed E-state index contributed by atoms with van der Waals surface area (Å²) >= 11 is 0. The van der Waals surface area contributed by atoms with Gasteiger partial charge < -0.3 is 24.2 Å². The molecule has 1 spiro atoms. The molecule has 206 valence electrons. The SMILES string of the molecule is COc1ccc(C(C)NC(=O)[C@H]2CC3(CC3)CN2C(=O)c2ccc(-c3noc(C(F)(F)F)n3)cc2)cc1OC. The van der Waals surface area contributed by atoms with Gasteiger partial charge in [-0.1, -0.05) is 23.4 Å². The van der Waals surface area contributed by atoms with Crippen LogP contribution in [-0.2, 0) is 11.0 Å². The quantitative estimate of drug-likeness (QED) is 0.462. The second-order valence-corrected chi connectivity index (χ2v) is 10.00. The monoisotopic (exact) mass is 544 g/mol. The lowest BCUT2D eigenvalue weighted by Crippen LogP contribution is -2.46. The average Bonchev–Trinajstić information content (AvgIpc) is 3.31. The van der Waals surface area contributed by atoms with E-state index in [4.69, 9.17) is 9.47 Å². The highest BCUT2D eigenvalue weighted by Crippen LogP contribution is 2.55. The van der Waals surface area contributed by atoms with Crippen LogP contribution in [0.4, 0.5) is 13.2 Å². The minimum absolute atomic E-state index is 0.0528. The van der Waals surface area contributed by atoms with Crippen LogP contribution in [-0.4, -0.2) is 53.7 Å². The van der Waals surface area contributed by atoms with Gasteiger partial charge in [-0.05, 0) is 61.4 Å². The molecular weight excluding hydrogens is 517 g/mol. The molecule has 1 unspecified atom stereocenters. The van der Waals surface area contributed by atoms with E-state index < -0.39 is 18.1 Å². The maximum Gasteiger partial charge on any atom is 0.471 e. The Hall–Kier alpha value is -4.09. The highest BCUT2D eigenvalue weighted by atomic mass is 19.4. The molecule has 2 atom stereocenters. The molecule has 1 saturated carbocycles. The average molecular weight is 545 g/mol. The molecule has 1 N–H and O–H groups in total. The Balaban J connectivity index is 1.31. The number of halogens is 3. The maximum atomic E-state index is 13.5. The molecule has 2 amide bonds. The maximum absolute atomic E-state index is 13.5. The lowest BCUT2D eigenvalue weighted by molar-refractivity contribution is -0.159. The van der Waals surface area contributed by atoms with Gasteiger partial charge in [-0.25, -0.2) is 0 Å². The number of rotatable bonds is 7. The van der Waals surface area contributed by atoms with Gasteiger partial charge in [0.1, 0.15) is 6.04 Å². The summed E-state index contributed by atoms with van der Waals surface area (Å²) < 4.78 is 53.3. The zero-order valence-electron chi connectivity index (χ0n) is 21.5. The molecule has 9 nitrogen and oxygen atoms in total. The van der Waals surface area contributed by atoms with Crippen LogP contribution in [0.5, 0.6) is 11.5 Å². The van der Waals surface area contributed by atoms with E-state index in [2.05, 4.69) is 20.0 Å². The first kappa shape index (κ1) is 26.5. The first-order valence-corrected chi connectivity index (χ1v) is 12.4. The van der Waals surface area contributed by atoms with Gasteiger partial charge >= 0.3 is 12.1 Å². The van der Waals surface area contributed by atoms with E-state index in [1.165, 1.54) is 31.4 Å². The van der Waals surface area contributed by atoms with Crippen molar-refractivity contribution in [2.24, 2.45) is 5.41 Å². The van der Waals surface area contributed by atoms with E-state index in [1.807, 2.05) is 13.0 Å². The molecule has 2 heterocycles. The summed E-state index contributed by atoms with van der Waals surface area (Å²) in [6, 6.07) is 10.3. The standard InChI is InChI=1S/C27H27F3N4O5/c1-15(18-8-9-20(37-2)21(12-18)38-3)31-23(35)19-13-26(10-11-26)14-34(19)24(36)17-6-4-16(5-7-17)22-32-25(39-33-22)27(28,29)30/h4-9,12,15,19H,10-11,13-14H2,1-3H3,(H,31,35)/t15?,19-/m1/s1. The van der Waals surface area contributed by atoms with Crippen molar-refractivity contribution in [3.05, 3.63) is 59.5 Å². The van der Waals surface area contributed by atoms with Crippen molar-refractivity contribution in [2.45, 2.75) is 44.4 Å². The Morgan fingerprint density at radius 1 is 1.10 bits per heavy atom. The normalized spacial score (nSPS) is 18.6. The van der Waals surface area contributed by atoms with E-state index >= 15 is 0 Å². The van der Waals surface area contributed by atoms with Crippen molar-refractivity contribution in [3.8, 4) is 22.9 Å². The van der Waals surface area contributed by atoms with Crippen LogP contribution in [0, 0.1) is 5.41 Å². The Labute approximate surface area is 222 Å². The predicted octanol–water partition coefficient (Wildman–Crippen LogP) is 4.64. The number of likely N-dealkylation sites (tertiary alicyclic amines) is 1. The fraction of sp³-hybridized carbons (Fsp3) is 0.407. The number of nitrogens with one attached hydrogen (secondary N) is 1. The van der Waals surface area contributed by atoms with Crippen LogP contribution < -0.4 is 14.8 Å². The Morgan fingerprint density at radius 2 is 1.79 bits per heavy atom. The van der Waals surface area contributed by atoms with E-state index in [0.29, 0.717) is 30.0 Å². The highest BCUT2D eigenvalue weighted by molar-refractivity contribution is 5.98. The van der Waals surface area contributed by atoms with E-state index in [9.17, 15) is 22.8 Å². The van der Waals surface area contributed by atoms with Gasteiger partial charge in [0.05, 0.1) is 20.3 Å². The molecule has 5 rings (SSSR count). The number of hydrogen-bond donors (Lipinski definition) is 1. The van der Waals surface area contributed by atoms with E-state index in [1.54, 1.807) is 24.1 Å². The number of nitrogens with zero attached hydrogens (tertiary/aromatic N) is 3. The minimum atomic E-state index is -4.75. The molecule has 1 aliphatic heterocycles. The summed E-state index contributed by atoms with van der Waals surface area (Å²) in [7, 11) is 3.08. The van der Waals surface area contributed by atoms with Crippen molar-refractivity contribution >= 4 is 11.8 Å². The molecule has 0 bridgehead atoms. The van der Waals surface area contributed by atoms with Gasteiger partial charge in [0, 0.05) is 17.7 Å². The zero-order valence-corrected chi connectivity index (χ0v) is 21.5. The molecule has 3 aromatic rings. The van der Waals surface area contributed by atoms with Crippen LogP contribution in [0.2, 0.25) is 0 Å². The topological polar surface area (TPSA) is 107 Å². The summed E-state index contributed by atoms with van der Waals surface area (Å²) in [6.07, 6.45) is -2.28. The van der Waals surface area contributed by atoms with E-state index in [-0.39, 0.29) is 34.7 Å².